The molecule has 0 bridgehead atoms. The van der Waals surface area contributed by atoms with Crippen molar-refractivity contribution in [1.82, 2.24) is 5.32 Å². The minimum atomic E-state index is -0.183. The highest BCUT2D eigenvalue weighted by Crippen LogP contribution is 2.28. The summed E-state index contributed by atoms with van der Waals surface area (Å²) >= 11 is 0. The molecule has 2 saturated heterocycles. The number of Topliss-reactive ketones (excluding diaryl/α,β-unsaturated/α-hetero) is 2. The lowest BCUT2D eigenvalue weighted by Crippen LogP contribution is -2.12. The van der Waals surface area contributed by atoms with Gasteiger partial charge in [-0.1, -0.05) is 59.7 Å². The number of aliphatic hydroxyl groups is 1. The molecule has 0 aromatic heterocycles. The van der Waals surface area contributed by atoms with Gasteiger partial charge in [0.15, 0.2) is 12.2 Å². The number of carbonyl (C=O) groups is 2. The molecule has 2 aromatic carbocycles. The van der Waals surface area contributed by atoms with Gasteiger partial charge in [0, 0.05) is 36.5 Å². The zero-order valence-electron chi connectivity index (χ0n) is 23.2. The highest BCUT2D eigenvalue weighted by atomic mass is 16.5. The number of ether oxygens (including phenoxy) is 1. The van der Waals surface area contributed by atoms with Gasteiger partial charge in [-0.2, -0.15) is 10.5 Å². The topological polar surface area (TPSA) is 137 Å². The van der Waals surface area contributed by atoms with Crippen molar-refractivity contribution < 1.29 is 19.4 Å². The first-order valence-corrected chi connectivity index (χ1v) is 12.8. The van der Waals surface area contributed by atoms with Gasteiger partial charge in [-0.15, -0.1) is 0 Å². The molecule has 8 nitrogen and oxygen atoms in total. The summed E-state index contributed by atoms with van der Waals surface area (Å²) in [6, 6.07) is 18.4. The molecule has 2 heterocycles. The lowest BCUT2D eigenvalue weighted by atomic mass is 10.0. The second-order valence-corrected chi connectivity index (χ2v) is 8.58. The van der Waals surface area contributed by atoms with Crippen molar-refractivity contribution in [2.45, 2.75) is 52.9 Å². The van der Waals surface area contributed by atoms with E-state index in [1.54, 1.807) is 38.3 Å². The van der Waals surface area contributed by atoms with Gasteiger partial charge in [-0.05, 0) is 33.6 Å². The Morgan fingerprint density at radius 1 is 1.08 bits per heavy atom. The van der Waals surface area contributed by atoms with E-state index in [0.717, 1.165) is 55.3 Å². The Morgan fingerprint density at radius 2 is 1.64 bits per heavy atom. The van der Waals surface area contributed by atoms with E-state index < -0.39 is 0 Å². The van der Waals surface area contributed by atoms with Gasteiger partial charge in [0.25, 0.3) is 0 Å². The van der Waals surface area contributed by atoms with Crippen LogP contribution in [-0.2, 0) is 4.74 Å². The normalized spacial score (nSPS) is 14.3. The summed E-state index contributed by atoms with van der Waals surface area (Å²) in [6.45, 7) is 8.58. The number of nitrogens with zero attached hydrogens (tertiary/aromatic N) is 3. The van der Waals surface area contributed by atoms with Crippen LogP contribution in [0.2, 0.25) is 0 Å². The molecule has 8 heteroatoms. The first kappa shape index (κ1) is 32.9. The van der Waals surface area contributed by atoms with Crippen molar-refractivity contribution in [2.24, 2.45) is 0 Å². The molecule has 0 unspecified atom stereocenters. The quantitative estimate of drug-likeness (QED) is 0.213. The third-order valence-corrected chi connectivity index (χ3v) is 5.47. The van der Waals surface area contributed by atoms with E-state index in [-0.39, 0.29) is 30.2 Å². The van der Waals surface area contributed by atoms with Gasteiger partial charge in [0.1, 0.15) is 18.1 Å². The van der Waals surface area contributed by atoms with E-state index in [0.29, 0.717) is 11.1 Å². The number of carbonyl (C=O) groups excluding carboxylic acids is 2. The van der Waals surface area contributed by atoms with Crippen LogP contribution in [0.5, 0.6) is 0 Å². The predicted octanol–water partition coefficient (Wildman–Crippen LogP) is 5.88. The fourth-order valence-corrected chi connectivity index (χ4v) is 3.40. The summed E-state index contributed by atoms with van der Waals surface area (Å²) in [5, 5.41) is 32.0. The van der Waals surface area contributed by atoms with Crippen molar-refractivity contribution in [1.29, 1.82) is 10.5 Å². The maximum atomic E-state index is 12.2. The number of ketones is 2. The number of aryl methyl sites for hydroxylation is 2. The molecule has 0 amide bonds. The van der Waals surface area contributed by atoms with Crippen molar-refractivity contribution in [2.75, 3.05) is 20.3 Å². The summed E-state index contributed by atoms with van der Waals surface area (Å²) in [6.07, 6.45) is 4.63. The maximum absolute atomic E-state index is 12.2. The molecule has 2 fully saturated rings. The van der Waals surface area contributed by atoms with E-state index in [4.69, 9.17) is 20.4 Å². The number of nitriles is 2. The second-order valence-electron chi connectivity index (χ2n) is 8.58. The molecule has 2 N–H and O–H groups in total. The number of aliphatic hydroxyl groups excluding tert-OH is 1. The van der Waals surface area contributed by atoms with Crippen molar-refractivity contribution in [3.63, 3.8) is 0 Å². The molecule has 39 heavy (non-hydrogen) atoms. The average Bonchev–Trinajstić information content (AvgIpc) is 3.66. The Kier molecular flexibility index (Phi) is 16.1. The first-order valence-electron chi connectivity index (χ1n) is 12.8. The molecular weight excluding hydrogens is 492 g/mol. The zero-order valence-corrected chi connectivity index (χ0v) is 23.2. The summed E-state index contributed by atoms with van der Waals surface area (Å²) in [5.41, 5.74) is 4.45. The largest absolute Gasteiger partial charge is 0.397 e. The van der Waals surface area contributed by atoms with Crippen LogP contribution in [0.4, 0.5) is 0 Å². The summed E-state index contributed by atoms with van der Waals surface area (Å²) in [7, 11) is 1.65. The number of nitrogens with one attached hydrogen (secondary N) is 1. The molecule has 0 saturated carbocycles. The molecule has 2 aliphatic rings. The van der Waals surface area contributed by atoms with Crippen molar-refractivity contribution in [3.8, 4) is 12.1 Å². The van der Waals surface area contributed by atoms with Crippen LogP contribution in [0.3, 0.4) is 0 Å². The first-order chi connectivity index (χ1) is 18.8. The summed E-state index contributed by atoms with van der Waals surface area (Å²) < 4.78 is 4.83. The third kappa shape index (κ3) is 12.3. The van der Waals surface area contributed by atoms with Crippen LogP contribution < -0.4 is 5.32 Å². The second kappa shape index (κ2) is 19.1. The molecule has 2 aliphatic heterocycles. The van der Waals surface area contributed by atoms with Crippen molar-refractivity contribution in [3.05, 3.63) is 100 Å². The number of hydrogen-bond acceptors (Lipinski definition) is 7. The molecule has 0 radical (unpaired) electrons. The highest BCUT2D eigenvalue weighted by Gasteiger charge is 2.22. The van der Waals surface area contributed by atoms with E-state index in [2.05, 4.69) is 10.6 Å². The molecule has 2 aromatic rings. The lowest BCUT2D eigenvalue weighted by Gasteiger charge is -2.04. The Bertz CT molecular complexity index is 1130. The van der Waals surface area contributed by atoms with E-state index in [1.165, 1.54) is 0 Å². The minimum absolute atomic E-state index is 0.0386. The molecule has 0 spiro atoms. The number of allylic oxidation sites excluding steroid dienone is 2. The fraction of sp³-hybridized carbons (Fsp3) is 0.355. The van der Waals surface area contributed by atoms with Crippen molar-refractivity contribution >= 4 is 11.6 Å². The number of methoxy groups -OCH3 is 1. The molecule has 4 rings (SSSR count). The Balaban J connectivity index is 0.000000300. The molecule has 204 valence electrons. The van der Waals surface area contributed by atoms with Gasteiger partial charge in [0.2, 0.25) is 12.0 Å². The van der Waals surface area contributed by atoms with E-state index >= 15 is 0 Å². The average molecular weight is 530 g/mol. The number of hydrogen-bond donors (Lipinski definition) is 2. The van der Waals surface area contributed by atoms with Gasteiger partial charge < -0.3 is 10.4 Å². The van der Waals surface area contributed by atoms with Gasteiger partial charge >= 0.3 is 0 Å². The summed E-state index contributed by atoms with van der Waals surface area (Å²) in [4.78, 5) is 23.3. The molecule has 0 aliphatic carbocycles. The minimum Gasteiger partial charge on any atom is -0.397 e. The summed E-state index contributed by atoms with van der Waals surface area (Å²) in [5.74, 6) is -0.297. The van der Waals surface area contributed by atoms with Crippen LogP contribution in [-0.4, -0.2) is 36.9 Å². The van der Waals surface area contributed by atoms with Crippen LogP contribution in [0, 0.1) is 49.3 Å². The zero-order chi connectivity index (χ0) is 29.0. The van der Waals surface area contributed by atoms with Gasteiger partial charge in [-0.25, -0.2) is 10.1 Å². The molecule has 0 atom stereocenters. The smallest absolute Gasteiger partial charge is 0.207 e. The Hall–Kier alpha value is -4.08. The van der Waals surface area contributed by atoms with E-state index in [9.17, 15) is 9.59 Å². The van der Waals surface area contributed by atoms with E-state index in [1.807, 2.05) is 56.8 Å². The monoisotopic (exact) mass is 529 g/mol. The van der Waals surface area contributed by atoms with Gasteiger partial charge in [-0.3, -0.25) is 9.59 Å². The standard InChI is InChI=1S/C14H14N2O.C10H9NO.C5H8NO.C2H6O/c1-10-4-6-11(7-5-10)14(17)12(9-15)13-3-2-8-16-13;1-8-2-4-9(5-3-8)10(12)6-7-11;1-7-5-3-2-4-6-5;1-2-3/h4-7,16H,2-3,8H2,1H3;2-5H,6H2,1H3;4H,2-3H2,1H3;3H,2H2,1H3/q;;+1;/b13-12-;;;. The maximum Gasteiger partial charge on any atom is 0.207 e. The van der Waals surface area contributed by atoms with Crippen LogP contribution >= 0.6 is 0 Å². The third-order valence-electron chi connectivity index (χ3n) is 5.47. The number of rotatable bonds is 5. The predicted molar refractivity (Wildman–Crippen MR) is 151 cm³/mol. The van der Waals surface area contributed by atoms with Crippen LogP contribution in [0.15, 0.2) is 59.8 Å². The van der Waals surface area contributed by atoms with Crippen LogP contribution in [0.1, 0.15) is 70.9 Å². The Labute approximate surface area is 232 Å². The molecular formula is C31H37N4O4+. The highest BCUT2D eigenvalue weighted by molar-refractivity contribution is 6.11. The fourth-order valence-electron chi connectivity index (χ4n) is 3.40. The van der Waals surface area contributed by atoms with Crippen LogP contribution in [0.25, 0.3) is 5.32 Å². The number of benzene rings is 2. The van der Waals surface area contributed by atoms with Gasteiger partial charge in [0.05, 0.1) is 19.6 Å². The lowest BCUT2D eigenvalue weighted by molar-refractivity contribution is 0.0996. The SMILES string of the molecule is CCO.CO[C+]1CC[CH+][N-]1.Cc1ccc(C(=O)/C(C#N)=C2/CCCN2)cc1.Cc1ccc(C(=O)CC#N)cc1. The Morgan fingerprint density at radius 3 is 2.03 bits per heavy atom.